The predicted octanol–water partition coefficient (Wildman–Crippen LogP) is 4.37. The molecule has 4 heteroatoms. The zero-order chi connectivity index (χ0) is 16.2. The first-order valence-electron chi connectivity index (χ1n) is 7.19. The van der Waals surface area contributed by atoms with Crippen LogP contribution in [-0.4, -0.2) is 11.5 Å². The van der Waals surface area contributed by atoms with E-state index in [1.54, 1.807) is 38.1 Å². The largest absolute Gasteiger partial charge is 0.478 e. The minimum atomic E-state index is -0.975. The van der Waals surface area contributed by atoms with Gasteiger partial charge in [0.15, 0.2) is 5.60 Å². The first kappa shape index (κ1) is 16.4. The van der Waals surface area contributed by atoms with Gasteiger partial charge in [-0.3, -0.25) is 4.79 Å². The van der Waals surface area contributed by atoms with Crippen LogP contribution in [0, 0.1) is 0 Å². The molecular formula is C18H20ClNO2. The Morgan fingerprint density at radius 1 is 1.09 bits per heavy atom. The molecule has 116 valence electrons. The van der Waals surface area contributed by atoms with Gasteiger partial charge in [0.25, 0.3) is 5.91 Å². The molecule has 22 heavy (non-hydrogen) atoms. The van der Waals surface area contributed by atoms with E-state index in [2.05, 4.69) is 5.32 Å². The number of hydrogen-bond donors (Lipinski definition) is 1. The van der Waals surface area contributed by atoms with Crippen LogP contribution in [0.4, 0.5) is 0 Å². The second kappa shape index (κ2) is 6.84. The topological polar surface area (TPSA) is 38.3 Å². The van der Waals surface area contributed by atoms with Gasteiger partial charge in [-0.1, -0.05) is 41.9 Å². The normalized spacial score (nSPS) is 12.5. The summed E-state index contributed by atoms with van der Waals surface area (Å²) in [5.74, 6) is 0.440. The summed E-state index contributed by atoms with van der Waals surface area (Å²) >= 11 is 5.85. The fraction of sp³-hybridized carbons (Fsp3) is 0.278. The molecule has 0 aliphatic rings. The number of carbonyl (C=O) groups is 1. The van der Waals surface area contributed by atoms with Crippen molar-refractivity contribution in [3.8, 4) is 5.75 Å². The van der Waals surface area contributed by atoms with Gasteiger partial charge in [-0.05, 0) is 50.6 Å². The van der Waals surface area contributed by atoms with E-state index in [0.29, 0.717) is 10.8 Å². The summed E-state index contributed by atoms with van der Waals surface area (Å²) in [5.41, 5.74) is 0.0785. The van der Waals surface area contributed by atoms with E-state index in [1.807, 2.05) is 37.3 Å². The van der Waals surface area contributed by atoms with Gasteiger partial charge in [0, 0.05) is 5.02 Å². The van der Waals surface area contributed by atoms with Crippen LogP contribution in [0.2, 0.25) is 5.02 Å². The lowest BCUT2D eigenvalue weighted by atomic mass is 10.1. The molecule has 0 aliphatic heterocycles. The molecule has 0 heterocycles. The molecule has 1 N–H and O–H groups in total. The Morgan fingerprint density at radius 2 is 1.68 bits per heavy atom. The van der Waals surface area contributed by atoms with Gasteiger partial charge in [0.05, 0.1) is 6.04 Å². The fourth-order valence-corrected chi connectivity index (χ4v) is 2.17. The monoisotopic (exact) mass is 317 g/mol. The summed E-state index contributed by atoms with van der Waals surface area (Å²) < 4.78 is 5.78. The van der Waals surface area contributed by atoms with Crippen molar-refractivity contribution in [2.24, 2.45) is 0 Å². The maximum absolute atomic E-state index is 12.5. The Balaban J connectivity index is 2.02. The highest BCUT2D eigenvalue weighted by atomic mass is 35.5. The summed E-state index contributed by atoms with van der Waals surface area (Å²) in [6, 6.07) is 16.7. The molecule has 2 aromatic rings. The molecule has 2 aromatic carbocycles. The molecule has 0 saturated heterocycles. The van der Waals surface area contributed by atoms with Crippen molar-refractivity contribution in [3.63, 3.8) is 0 Å². The Bertz CT molecular complexity index is 623. The molecule has 0 radical (unpaired) electrons. The highest BCUT2D eigenvalue weighted by Crippen LogP contribution is 2.22. The van der Waals surface area contributed by atoms with Gasteiger partial charge < -0.3 is 10.1 Å². The number of nitrogens with one attached hydrogen (secondary N) is 1. The third-order valence-corrected chi connectivity index (χ3v) is 3.63. The number of ether oxygens (including phenoxy) is 1. The van der Waals surface area contributed by atoms with Gasteiger partial charge in [0.2, 0.25) is 0 Å². The van der Waals surface area contributed by atoms with Crippen LogP contribution in [0.15, 0.2) is 54.6 Å². The molecule has 0 unspecified atom stereocenters. The number of benzene rings is 2. The van der Waals surface area contributed by atoms with Crippen LogP contribution in [-0.2, 0) is 4.79 Å². The fourth-order valence-electron chi connectivity index (χ4n) is 2.04. The standard InChI is InChI=1S/C18H20ClNO2/c1-13(14-7-5-4-6-8-14)20-17(21)18(2,3)22-16-11-9-15(19)10-12-16/h4-13H,1-3H3,(H,20,21)/t13-/m0/s1. The number of hydrogen-bond acceptors (Lipinski definition) is 2. The molecule has 2 rings (SSSR count). The second-order valence-corrected chi connectivity index (χ2v) is 6.11. The smallest absolute Gasteiger partial charge is 0.264 e. The van der Waals surface area contributed by atoms with Crippen molar-refractivity contribution in [2.45, 2.75) is 32.4 Å². The maximum Gasteiger partial charge on any atom is 0.264 e. The van der Waals surface area contributed by atoms with Crippen molar-refractivity contribution in [1.29, 1.82) is 0 Å². The van der Waals surface area contributed by atoms with E-state index < -0.39 is 5.60 Å². The van der Waals surface area contributed by atoms with Gasteiger partial charge in [-0.15, -0.1) is 0 Å². The highest BCUT2D eigenvalue weighted by molar-refractivity contribution is 6.30. The third kappa shape index (κ3) is 4.25. The zero-order valence-corrected chi connectivity index (χ0v) is 13.7. The Kier molecular flexibility index (Phi) is 5.09. The van der Waals surface area contributed by atoms with Gasteiger partial charge in [-0.2, -0.15) is 0 Å². The third-order valence-electron chi connectivity index (χ3n) is 3.38. The highest BCUT2D eigenvalue weighted by Gasteiger charge is 2.31. The number of rotatable bonds is 5. The number of amides is 1. The molecule has 1 amide bonds. The molecule has 0 aliphatic carbocycles. The first-order chi connectivity index (χ1) is 10.4. The van der Waals surface area contributed by atoms with Crippen molar-refractivity contribution < 1.29 is 9.53 Å². The number of halogens is 1. The first-order valence-corrected chi connectivity index (χ1v) is 7.57. The minimum Gasteiger partial charge on any atom is -0.478 e. The van der Waals surface area contributed by atoms with E-state index in [0.717, 1.165) is 5.56 Å². The van der Waals surface area contributed by atoms with E-state index in [4.69, 9.17) is 16.3 Å². The SMILES string of the molecule is C[C@H](NC(=O)C(C)(C)Oc1ccc(Cl)cc1)c1ccccc1. The lowest BCUT2D eigenvalue weighted by Gasteiger charge is -2.27. The van der Waals surface area contributed by atoms with E-state index >= 15 is 0 Å². The lowest BCUT2D eigenvalue weighted by molar-refractivity contribution is -0.134. The van der Waals surface area contributed by atoms with E-state index in [1.165, 1.54) is 0 Å². The van der Waals surface area contributed by atoms with Crippen LogP contribution in [0.5, 0.6) is 5.75 Å². The van der Waals surface area contributed by atoms with Crippen molar-refractivity contribution in [2.75, 3.05) is 0 Å². The van der Waals surface area contributed by atoms with Crippen molar-refractivity contribution in [3.05, 3.63) is 65.2 Å². The maximum atomic E-state index is 12.5. The average molecular weight is 318 g/mol. The van der Waals surface area contributed by atoms with Crippen LogP contribution in [0.3, 0.4) is 0 Å². The lowest BCUT2D eigenvalue weighted by Crippen LogP contribution is -2.47. The van der Waals surface area contributed by atoms with Gasteiger partial charge >= 0.3 is 0 Å². The molecular weight excluding hydrogens is 298 g/mol. The Hall–Kier alpha value is -2.00. The van der Waals surface area contributed by atoms with Gasteiger partial charge in [-0.25, -0.2) is 0 Å². The quantitative estimate of drug-likeness (QED) is 0.889. The molecule has 0 bridgehead atoms. The summed E-state index contributed by atoms with van der Waals surface area (Å²) in [6.07, 6.45) is 0. The second-order valence-electron chi connectivity index (χ2n) is 5.67. The molecule has 0 saturated carbocycles. The van der Waals surface area contributed by atoms with Crippen LogP contribution < -0.4 is 10.1 Å². The van der Waals surface area contributed by atoms with Crippen LogP contribution in [0.25, 0.3) is 0 Å². The summed E-state index contributed by atoms with van der Waals surface area (Å²) in [7, 11) is 0. The summed E-state index contributed by atoms with van der Waals surface area (Å²) in [6.45, 7) is 5.44. The summed E-state index contributed by atoms with van der Waals surface area (Å²) in [4.78, 5) is 12.5. The molecule has 0 aromatic heterocycles. The Morgan fingerprint density at radius 3 is 2.27 bits per heavy atom. The Labute approximate surface area is 136 Å². The minimum absolute atomic E-state index is 0.0817. The summed E-state index contributed by atoms with van der Waals surface area (Å²) in [5, 5.41) is 3.61. The van der Waals surface area contributed by atoms with Gasteiger partial charge in [0.1, 0.15) is 5.75 Å². The van der Waals surface area contributed by atoms with Crippen LogP contribution in [0.1, 0.15) is 32.4 Å². The molecule has 1 atom stereocenters. The zero-order valence-electron chi connectivity index (χ0n) is 13.0. The van der Waals surface area contributed by atoms with Crippen LogP contribution >= 0.6 is 11.6 Å². The van der Waals surface area contributed by atoms with Crippen molar-refractivity contribution in [1.82, 2.24) is 5.32 Å². The molecule has 0 fully saturated rings. The van der Waals surface area contributed by atoms with Crippen molar-refractivity contribution >= 4 is 17.5 Å². The predicted molar refractivity (Wildman–Crippen MR) is 89.2 cm³/mol. The van der Waals surface area contributed by atoms with E-state index in [9.17, 15) is 4.79 Å². The molecule has 3 nitrogen and oxygen atoms in total. The van der Waals surface area contributed by atoms with E-state index in [-0.39, 0.29) is 11.9 Å². The average Bonchev–Trinajstić information content (AvgIpc) is 2.50. The molecule has 0 spiro atoms. The number of carbonyl (C=O) groups excluding carboxylic acids is 1.